The van der Waals surface area contributed by atoms with Gasteiger partial charge in [-0.2, -0.15) is 0 Å². The molecule has 5 rings (SSSR count). The monoisotopic (exact) mass is 537 g/mol. The molecule has 0 saturated carbocycles. The van der Waals surface area contributed by atoms with Gasteiger partial charge in [0.05, 0.1) is 25.2 Å². The number of aliphatic hydroxyl groups is 1. The molecule has 4 heterocycles. The van der Waals surface area contributed by atoms with E-state index in [4.69, 9.17) is 13.9 Å². The molecule has 4 aromatic heterocycles. The number of aliphatic hydroxyl groups excluding tert-OH is 1. The molecule has 0 bridgehead atoms. The van der Waals surface area contributed by atoms with Gasteiger partial charge in [0.2, 0.25) is 5.82 Å². The van der Waals surface area contributed by atoms with Crippen LogP contribution < -0.4 is 9.47 Å². The standard InChI is InChI=1S/C26H27N5O6S/c1-16-11-12-21(37-16)26-29-28-23(31(26)24-19(35-3)8-7-9-20(24)36-4)15-38(33,34)17(2)25(32)18-14-30-13-6-5-10-22(30)27-18/h5-14,17,25,32H,15H2,1-4H3/t17-,25-/m1/s1. The van der Waals surface area contributed by atoms with Crippen LogP contribution in [-0.4, -0.2) is 57.1 Å². The molecular formula is C26H27N5O6S. The zero-order valence-electron chi connectivity index (χ0n) is 21.3. The Labute approximate surface area is 219 Å². The molecule has 0 spiro atoms. The van der Waals surface area contributed by atoms with Crippen LogP contribution in [0.4, 0.5) is 0 Å². The molecule has 1 N–H and O–H groups in total. The average Bonchev–Trinajstić information content (AvgIpc) is 3.65. The van der Waals surface area contributed by atoms with Crippen molar-refractivity contribution in [3.63, 3.8) is 0 Å². The number of imidazole rings is 1. The molecule has 0 aliphatic rings. The summed E-state index contributed by atoms with van der Waals surface area (Å²) in [4.78, 5) is 4.38. The molecule has 0 radical (unpaired) electrons. The number of para-hydroxylation sites is 1. The molecule has 0 aliphatic carbocycles. The summed E-state index contributed by atoms with van der Waals surface area (Å²) in [5.41, 5.74) is 1.28. The first-order valence-electron chi connectivity index (χ1n) is 11.8. The minimum Gasteiger partial charge on any atom is -0.494 e. The number of benzene rings is 1. The highest BCUT2D eigenvalue weighted by atomic mass is 32.2. The molecule has 0 saturated heterocycles. The second-order valence-electron chi connectivity index (χ2n) is 8.79. The van der Waals surface area contributed by atoms with Crippen molar-refractivity contribution in [3.05, 3.63) is 78.2 Å². The van der Waals surface area contributed by atoms with E-state index < -0.39 is 26.9 Å². The second kappa shape index (κ2) is 9.95. The van der Waals surface area contributed by atoms with Crippen LogP contribution >= 0.6 is 0 Å². The third-order valence-electron chi connectivity index (χ3n) is 6.34. The maximum atomic E-state index is 13.6. The predicted molar refractivity (Wildman–Crippen MR) is 139 cm³/mol. The van der Waals surface area contributed by atoms with Crippen LogP contribution in [0.15, 0.2) is 65.3 Å². The zero-order valence-corrected chi connectivity index (χ0v) is 22.1. The number of hydrogen-bond acceptors (Lipinski definition) is 9. The normalized spacial score (nSPS) is 13.5. The molecule has 0 amide bonds. The molecule has 5 aromatic rings. The van der Waals surface area contributed by atoms with Gasteiger partial charge in [0.15, 0.2) is 21.4 Å². The fourth-order valence-electron chi connectivity index (χ4n) is 4.26. The highest BCUT2D eigenvalue weighted by Crippen LogP contribution is 2.37. The summed E-state index contributed by atoms with van der Waals surface area (Å²) in [7, 11) is -0.960. The fourth-order valence-corrected chi connectivity index (χ4v) is 5.60. The van der Waals surface area contributed by atoms with Crippen molar-refractivity contribution in [2.75, 3.05) is 14.2 Å². The molecule has 11 nitrogen and oxygen atoms in total. The number of ether oxygens (including phenoxy) is 2. The number of rotatable bonds is 9. The number of nitrogens with zero attached hydrogens (tertiary/aromatic N) is 5. The van der Waals surface area contributed by atoms with E-state index in [1.807, 2.05) is 12.1 Å². The first kappa shape index (κ1) is 25.5. The third kappa shape index (κ3) is 4.52. The van der Waals surface area contributed by atoms with Crippen LogP contribution in [0.1, 0.15) is 30.3 Å². The van der Waals surface area contributed by atoms with Gasteiger partial charge in [-0.25, -0.2) is 13.4 Å². The van der Waals surface area contributed by atoms with Gasteiger partial charge in [-0.05, 0) is 50.2 Å². The summed E-state index contributed by atoms with van der Waals surface area (Å²) in [5, 5.41) is 18.3. The topological polar surface area (TPSA) is 134 Å². The SMILES string of the molecule is COc1cccc(OC)c1-n1c(CS(=O)(=O)[C@H](C)[C@@H](O)c2cn3ccccc3n2)nnc1-c1ccc(C)o1. The lowest BCUT2D eigenvalue weighted by Gasteiger charge is -2.19. The van der Waals surface area contributed by atoms with Crippen LogP contribution in [0.25, 0.3) is 22.9 Å². The average molecular weight is 538 g/mol. The number of aryl methyl sites for hydroxylation is 1. The number of methoxy groups -OCH3 is 2. The largest absolute Gasteiger partial charge is 0.494 e. The van der Waals surface area contributed by atoms with E-state index in [0.29, 0.717) is 34.4 Å². The van der Waals surface area contributed by atoms with Crippen LogP contribution in [0, 0.1) is 6.92 Å². The van der Waals surface area contributed by atoms with E-state index >= 15 is 0 Å². The van der Waals surface area contributed by atoms with Crippen LogP contribution in [-0.2, 0) is 15.6 Å². The lowest BCUT2D eigenvalue weighted by Crippen LogP contribution is -2.28. The lowest BCUT2D eigenvalue weighted by molar-refractivity contribution is 0.171. The number of sulfone groups is 1. The van der Waals surface area contributed by atoms with Crippen molar-refractivity contribution in [2.45, 2.75) is 31.0 Å². The van der Waals surface area contributed by atoms with Crippen molar-refractivity contribution in [2.24, 2.45) is 0 Å². The summed E-state index contributed by atoms with van der Waals surface area (Å²) < 4.78 is 47.4. The predicted octanol–water partition coefficient (Wildman–Crippen LogP) is 3.54. The smallest absolute Gasteiger partial charge is 0.204 e. The molecule has 2 atom stereocenters. The van der Waals surface area contributed by atoms with Gasteiger partial charge in [-0.15, -0.1) is 10.2 Å². The Morgan fingerprint density at radius 1 is 1.03 bits per heavy atom. The summed E-state index contributed by atoms with van der Waals surface area (Å²) in [6.45, 7) is 3.24. The Morgan fingerprint density at radius 3 is 2.39 bits per heavy atom. The molecule has 0 fully saturated rings. The Kier molecular flexibility index (Phi) is 6.67. The van der Waals surface area contributed by atoms with E-state index in [2.05, 4.69) is 15.2 Å². The highest BCUT2D eigenvalue weighted by Gasteiger charge is 2.34. The van der Waals surface area contributed by atoms with Gasteiger partial charge in [-0.1, -0.05) is 12.1 Å². The van der Waals surface area contributed by atoms with Crippen LogP contribution in [0.3, 0.4) is 0 Å². The number of furan rings is 1. The van der Waals surface area contributed by atoms with Gasteiger partial charge in [0.1, 0.15) is 40.5 Å². The second-order valence-corrected chi connectivity index (χ2v) is 11.1. The van der Waals surface area contributed by atoms with Gasteiger partial charge in [0.25, 0.3) is 0 Å². The number of pyridine rings is 1. The summed E-state index contributed by atoms with van der Waals surface area (Å²) in [5.74, 6) is 1.75. The summed E-state index contributed by atoms with van der Waals surface area (Å²) in [6.07, 6.45) is 2.04. The summed E-state index contributed by atoms with van der Waals surface area (Å²) >= 11 is 0. The first-order chi connectivity index (χ1) is 18.2. The minimum atomic E-state index is -3.97. The van der Waals surface area contributed by atoms with E-state index in [1.54, 1.807) is 64.7 Å². The van der Waals surface area contributed by atoms with Gasteiger partial charge in [-0.3, -0.25) is 4.57 Å². The quantitative estimate of drug-likeness (QED) is 0.300. The molecule has 0 aliphatic heterocycles. The molecule has 0 unspecified atom stereocenters. The van der Waals surface area contributed by atoms with Crippen molar-refractivity contribution in [1.82, 2.24) is 24.1 Å². The Morgan fingerprint density at radius 2 is 1.76 bits per heavy atom. The Bertz CT molecular complexity index is 1650. The van der Waals surface area contributed by atoms with Crippen molar-refractivity contribution >= 4 is 15.5 Å². The maximum Gasteiger partial charge on any atom is 0.204 e. The van der Waals surface area contributed by atoms with Crippen LogP contribution in [0.2, 0.25) is 0 Å². The van der Waals surface area contributed by atoms with Gasteiger partial charge in [0, 0.05) is 12.4 Å². The first-order valence-corrected chi connectivity index (χ1v) is 13.5. The highest BCUT2D eigenvalue weighted by molar-refractivity contribution is 7.91. The van der Waals surface area contributed by atoms with E-state index in [1.165, 1.54) is 21.1 Å². The van der Waals surface area contributed by atoms with E-state index in [0.717, 1.165) is 0 Å². The Balaban J connectivity index is 1.58. The molecule has 1 aromatic carbocycles. The number of hydrogen-bond donors (Lipinski definition) is 1. The van der Waals surface area contributed by atoms with Crippen molar-refractivity contribution < 1.29 is 27.4 Å². The lowest BCUT2D eigenvalue weighted by atomic mass is 10.2. The van der Waals surface area contributed by atoms with Gasteiger partial charge >= 0.3 is 0 Å². The number of fused-ring (bicyclic) bond motifs is 1. The maximum absolute atomic E-state index is 13.6. The van der Waals surface area contributed by atoms with Crippen molar-refractivity contribution in [1.29, 1.82) is 0 Å². The van der Waals surface area contributed by atoms with Crippen LogP contribution in [0.5, 0.6) is 11.5 Å². The van der Waals surface area contributed by atoms with E-state index in [-0.39, 0.29) is 17.3 Å². The Hall–Kier alpha value is -4.16. The van der Waals surface area contributed by atoms with E-state index in [9.17, 15) is 13.5 Å². The minimum absolute atomic E-state index is 0.103. The van der Waals surface area contributed by atoms with Crippen molar-refractivity contribution in [3.8, 4) is 28.8 Å². The molecule has 38 heavy (non-hydrogen) atoms. The molecule has 12 heteroatoms. The fraction of sp³-hybridized carbons (Fsp3) is 0.269. The third-order valence-corrected chi connectivity index (χ3v) is 8.39. The number of aromatic nitrogens is 5. The zero-order chi connectivity index (χ0) is 27.0. The summed E-state index contributed by atoms with van der Waals surface area (Å²) in [6, 6.07) is 14.1. The molecular weight excluding hydrogens is 510 g/mol. The molecule has 198 valence electrons. The van der Waals surface area contributed by atoms with Gasteiger partial charge < -0.3 is 23.4 Å².